The van der Waals surface area contributed by atoms with Crippen LogP contribution in [0.25, 0.3) is 22.4 Å². The number of hydrogen-bond acceptors (Lipinski definition) is 5. The zero-order valence-corrected chi connectivity index (χ0v) is 12.8. The summed E-state index contributed by atoms with van der Waals surface area (Å²) in [6.45, 7) is 0.0316. The van der Waals surface area contributed by atoms with Crippen LogP contribution >= 0.6 is 0 Å². The van der Waals surface area contributed by atoms with E-state index in [2.05, 4.69) is 30.8 Å². The van der Waals surface area contributed by atoms with Crippen LogP contribution in [0.5, 0.6) is 0 Å². The highest BCUT2D eigenvalue weighted by molar-refractivity contribution is 5.90. The van der Waals surface area contributed by atoms with Crippen molar-refractivity contribution in [3.05, 3.63) is 54.6 Å². The largest absolute Gasteiger partial charge is 0.338 e. The Balaban J connectivity index is 1.50. The third-order valence-electron chi connectivity index (χ3n) is 3.58. The van der Waals surface area contributed by atoms with Gasteiger partial charge < -0.3 is 10.3 Å². The van der Waals surface area contributed by atoms with Gasteiger partial charge >= 0.3 is 0 Å². The molecule has 0 bridgehead atoms. The van der Waals surface area contributed by atoms with Crippen LogP contribution in [-0.4, -0.2) is 36.1 Å². The number of aromatic amines is 1. The molecule has 1 amide bonds. The quantitative estimate of drug-likeness (QED) is 0.593. The summed E-state index contributed by atoms with van der Waals surface area (Å²) < 4.78 is 14.6. The summed E-state index contributed by atoms with van der Waals surface area (Å²) in [5, 5.41) is 13.3. The van der Waals surface area contributed by atoms with Gasteiger partial charge in [0.1, 0.15) is 24.5 Å². The molecule has 4 aromatic rings. The Hall–Kier alpha value is -3.62. The Morgan fingerprint density at radius 3 is 2.80 bits per heavy atom. The topological polar surface area (TPSA) is 101 Å². The van der Waals surface area contributed by atoms with Gasteiger partial charge in [0.15, 0.2) is 0 Å². The Morgan fingerprint density at radius 2 is 2.04 bits per heavy atom. The molecule has 0 unspecified atom stereocenters. The van der Waals surface area contributed by atoms with E-state index in [0.29, 0.717) is 22.5 Å². The van der Waals surface area contributed by atoms with Crippen LogP contribution in [0.3, 0.4) is 0 Å². The molecule has 0 saturated heterocycles. The molecule has 0 fully saturated rings. The number of imidazole rings is 1. The number of rotatable bonds is 4. The van der Waals surface area contributed by atoms with Crippen LogP contribution < -0.4 is 5.32 Å². The highest BCUT2D eigenvalue weighted by Gasteiger charge is 2.08. The van der Waals surface area contributed by atoms with Crippen LogP contribution in [0.2, 0.25) is 0 Å². The Bertz CT molecular complexity index is 1020. The van der Waals surface area contributed by atoms with E-state index in [1.165, 1.54) is 23.1 Å². The zero-order chi connectivity index (χ0) is 17.2. The van der Waals surface area contributed by atoms with Crippen LogP contribution in [0.4, 0.5) is 10.1 Å². The number of nitrogens with one attached hydrogen (secondary N) is 2. The third-order valence-corrected chi connectivity index (χ3v) is 3.58. The monoisotopic (exact) mass is 337 g/mol. The minimum Gasteiger partial charge on any atom is -0.338 e. The van der Waals surface area contributed by atoms with Crippen LogP contribution in [0, 0.1) is 5.82 Å². The minimum absolute atomic E-state index is 0.0316. The SMILES string of the molecule is O=C(Cn1cnnn1)Nc1ccc(-c2nc3ccc(F)cc3[nH]2)cc1. The average Bonchev–Trinajstić information content (AvgIpc) is 3.24. The van der Waals surface area contributed by atoms with Gasteiger partial charge in [-0.05, 0) is 52.9 Å². The van der Waals surface area contributed by atoms with Gasteiger partial charge in [-0.1, -0.05) is 0 Å². The fourth-order valence-corrected chi connectivity index (χ4v) is 2.43. The minimum atomic E-state index is -0.316. The van der Waals surface area contributed by atoms with Gasteiger partial charge in [0.05, 0.1) is 11.0 Å². The van der Waals surface area contributed by atoms with Gasteiger partial charge in [-0.15, -0.1) is 5.10 Å². The predicted octanol–water partition coefficient (Wildman–Crippen LogP) is 1.99. The summed E-state index contributed by atoms with van der Waals surface area (Å²) in [7, 11) is 0. The molecule has 0 aliphatic heterocycles. The maximum absolute atomic E-state index is 13.3. The highest BCUT2D eigenvalue weighted by Crippen LogP contribution is 2.22. The first-order valence-electron chi connectivity index (χ1n) is 7.44. The molecule has 0 spiro atoms. The molecular formula is C16H12FN7O. The van der Waals surface area contributed by atoms with E-state index in [0.717, 1.165) is 5.56 Å². The molecule has 124 valence electrons. The molecule has 0 saturated carbocycles. The summed E-state index contributed by atoms with van der Waals surface area (Å²) in [5.74, 6) is 0.0785. The molecule has 2 aromatic heterocycles. The summed E-state index contributed by atoms with van der Waals surface area (Å²) in [6, 6.07) is 11.6. The van der Waals surface area contributed by atoms with Crippen LogP contribution in [0.15, 0.2) is 48.8 Å². The molecule has 8 nitrogen and oxygen atoms in total. The first kappa shape index (κ1) is 14.9. The van der Waals surface area contributed by atoms with Gasteiger partial charge in [-0.25, -0.2) is 14.1 Å². The Kier molecular flexibility index (Phi) is 3.65. The Labute approximate surface area is 140 Å². The first-order chi connectivity index (χ1) is 12.2. The van der Waals surface area contributed by atoms with E-state index >= 15 is 0 Å². The number of carbonyl (C=O) groups is 1. The van der Waals surface area contributed by atoms with Crippen molar-refractivity contribution in [1.29, 1.82) is 0 Å². The Morgan fingerprint density at radius 1 is 1.20 bits per heavy atom. The summed E-state index contributed by atoms with van der Waals surface area (Å²) in [4.78, 5) is 19.4. The van der Waals surface area contributed by atoms with Gasteiger partial charge in [-0.2, -0.15) is 0 Å². The van der Waals surface area contributed by atoms with E-state index in [4.69, 9.17) is 0 Å². The number of nitrogens with zero attached hydrogens (tertiary/aromatic N) is 5. The number of fused-ring (bicyclic) bond motifs is 1. The van der Waals surface area contributed by atoms with Gasteiger partial charge in [0, 0.05) is 11.3 Å². The van der Waals surface area contributed by atoms with Crippen LogP contribution in [-0.2, 0) is 11.3 Å². The number of amides is 1. The fourth-order valence-electron chi connectivity index (χ4n) is 2.43. The second kappa shape index (κ2) is 6.11. The number of anilines is 1. The number of halogens is 1. The lowest BCUT2D eigenvalue weighted by atomic mass is 10.2. The lowest BCUT2D eigenvalue weighted by Crippen LogP contribution is -2.19. The summed E-state index contributed by atoms with van der Waals surface area (Å²) in [6.07, 6.45) is 1.37. The van der Waals surface area contributed by atoms with Crippen molar-refractivity contribution in [3.8, 4) is 11.4 Å². The van der Waals surface area contributed by atoms with Gasteiger partial charge in [-0.3, -0.25) is 4.79 Å². The zero-order valence-electron chi connectivity index (χ0n) is 12.8. The standard InChI is InChI=1S/C16H12FN7O/c17-11-3-6-13-14(7-11)21-16(20-13)10-1-4-12(5-2-10)19-15(25)8-24-9-18-22-23-24/h1-7,9H,8H2,(H,19,25)(H,20,21). The molecule has 0 atom stereocenters. The second-order valence-electron chi connectivity index (χ2n) is 5.38. The van der Waals surface area contributed by atoms with E-state index in [9.17, 15) is 9.18 Å². The van der Waals surface area contributed by atoms with E-state index in [1.807, 2.05) is 12.1 Å². The number of aromatic nitrogens is 6. The van der Waals surface area contributed by atoms with Crippen molar-refractivity contribution in [2.24, 2.45) is 0 Å². The summed E-state index contributed by atoms with van der Waals surface area (Å²) in [5.41, 5.74) is 2.79. The summed E-state index contributed by atoms with van der Waals surface area (Å²) >= 11 is 0. The van der Waals surface area contributed by atoms with Crippen molar-refractivity contribution in [1.82, 2.24) is 30.2 Å². The molecule has 2 heterocycles. The van der Waals surface area contributed by atoms with Crippen molar-refractivity contribution in [2.75, 3.05) is 5.32 Å². The lowest BCUT2D eigenvalue weighted by Gasteiger charge is -2.05. The van der Waals surface area contributed by atoms with Crippen molar-refractivity contribution in [2.45, 2.75) is 6.54 Å². The normalized spacial score (nSPS) is 10.9. The average molecular weight is 337 g/mol. The molecule has 9 heteroatoms. The number of tetrazole rings is 1. The van der Waals surface area contributed by atoms with Gasteiger partial charge in [0.25, 0.3) is 0 Å². The van der Waals surface area contributed by atoms with Crippen molar-refractivity contribution in [3.63, 3.8) is 0 Å². The van der Waals surface area contributed by atoms with Crippen molar-refractivity contribution < 1.29 is 9.18 Å². The predicted molar refractivity (Wildman–Crippen MR) is 87.9 cm³/mol. The van der Waals surface area contributed by atoms with Crippen LogP contribution in [0.1, 0.15) is 0 Å². The number of H-pyrrole nitrogens is 1. The maximum atomic E-state index is 13.3. The fraction of sp³-hybridized carbons (Fsp3) is 0.0625. The molecule has 2 aromatic carbocycles. The van der Waals surface area contributed by atoms with E-state index in [1.54, 1.807) is 18.2 Å². The first-order valence-corrected chi connectivity index (χ1v) is 7.44. The number of benzene rings is 2. The molecule has 25 heavy (non-hydrogen) atoms. The highest BCUT2D eigenvalue weighted by atomic mass is 19.1. The number of hydrogen-bond donors (Lipinski definition) is 2. The third kappa shape index (κ3) is 3.20. The molecule has 0 aliphatic rings. The molecule has 4 rings (SSSR count). The van der Waals surface area contributed by atoms with E-state index < -0.39 is 0 Å². The maximum Gasteiger partial charge on any atom is 0.246 e. The molecular weight excluding hydrogens is 325 g/mol. The molecule has 2 N–H and O–H groups in total. The number of carbonyl (C=O) groups excluding carboxylic acids is 1. The van der Waals surface area contributed by atoms with E-state index in [-0.39, 0.29) is 18.3 Å². The molecule has 0 aliphatic carbocycles. The molecule has 0 radical (unpaired) electrons. The smallest absolute Gasteiger partial charge is 0.246 e. The second-order valence-corrected chi connectivity index (χ2v) is 5.38. The van der Waals surface area contributed by atoms with Crippen molar-refractivity contribution >= 4 is 22.6 Å². The lowest BCUT2D eigenvalue weighted by molar-refractivity contribution is -0.116. The van der Waals surface area contributed by atoms with Gasteiger partial charge in [0.2, 0.25) is 5.91 Å².